The lowest BCUT2D eigenvalue weighted by molar-refractivity contribution is -0.121. The van der Waals surface area contributed by atoms with Gasteiger partial charge in [-0.2, -0.15) is 0 Å². The molecule has 1 aliphatic heterocycles. The SMILES string of the molecule is CCCCC1CCC(C(=O)Nc2ccc(CC(C)N3CCNCC3)cc2OCC)CC1. The van der Waals surface area contributed by atoms with Gasteiger partial charge in [0.25, 0.3) is 0 Å². The molecule has 2 aliphatic rings. The van der Waals surface area contributed by atoms with Crippen LogP contribution in [0.3, 0.4) is 0 Å². The number of nitrogens with one attached hydrogen (secondary N) is 2. The molecule has 2 fully saturated rings. The van der Waals surface area contributed by atoms with E-state index in [-0.39, 0.29) is 11.8 Å². The minimum absolute atomic E-state index is 0.139. The van der Waals surface area contributed by atoms with Crippen LogP contribution in [0.5, 0.6) is 5.75 Å². The lowest BCUT2D eigenvalue weighted by atomic mass is 9.79. The zero-order valence-electron chi connectivity index (χ0n) is 19.9. The average molecular weight is 430 g/mol. The maximum Gasteiger partial charge on any atom is 0.227 e. The Bertz CT molecular complexity index is 679. The Morgan fingerprint density at radius 3 is 2.61 bits per heavy atom. The Labute approximate surface area is 189 Å². The van der Waals surface area contributed by atoms with Gasteiger partial charge in [-0.3, -0.25) is 9.69 Å². The van der Waals surface area contributed by atoms with Gasteiger partial charge in [-0.25, -0.2) is 0 Å². The molecule has 1 aliphatic carbocycles. The molecule has 0 spiro atoms. The molecule has 1 saturated heterocycles. The molecule has 5 nitrogen and oxygen atoms in total. The number of hydrogen-bond acceptors (Lipinski definition) is 4. The van der Waals surface area contributed by atoms with E-state index in [1.807, 2.05) is 13.0 Å². The van der Waals surface area contributed by atoms with Crippen molar-refractivity contribution in [2.75, 3.05) is 38.1 Å². The van der Waals surface area contributed by atoms with Crippen LogP contribution in [0.1, 0.15) is 71.3 Å². The number of carbonyl (C=O) groups is 1. The van der Waals surface area contributed by atoms with Crippen LogP contribution in [0, 0.1) is 11.8 Å². The van der Waals surface area contributed by atoms with Crippen LogP contribution in [0.15, 0.2) is 18.2 Å². The van der Waals surface area contributed by atoms with Gasteiger partial charge in [0.1, 0.15) is 5.75 Å². The predicted octanol–water partition coefficient (Wildman–Crippen LogP) is 4.86. The molecule has 0 radical (unpaired) electrons. The van der Waals surface area contributed by atoms with Crippen LogP contribution in [-0.2, 0) is 11.2 Å². The first-order chi connectivity index (χ1) is 15.1. The fourth-order valence-corrected chi connectivity index (χ4v) is 5.11. The number of nitrogens with zero attached hydrogens (tertiary/aromatic N) is 1. The second-order valence-electron chi connectivity index (χ2n) is 9.45. The Morgan fingerprint density at radius 1 is 1.19 bits per heavy atom. The molecule has 1 aromatic carbocycles. The van der Waals surface area contributed by atoms with Crippen molar-refractivity contribution in [2.45, 2.75) is 78.2 Å². The van der Waals surface area contributed by atoms with E-state index in [2.05, 4.69) is 41.5 Å². The van der Waals surface area contributed by atoms with Crippen molar-refractivity contribution in [1.82, 2.24) is 10.2 Å². The van der Waals surface area contributed by atoms with Crippen molar-refractivity contribution >= 4 is 11.6 Å². The average Bonchev–Trinajstić information content (AvgIpc) is 2.80. The molecule has 1 saturated carbocycles. The minimum Gasteiger partial charge on any atom is -0.492 e. The summed E-state index contributed by atoms with van der Waals surface area (Å²) in [4.78, 5) is 15.5. The van der Waals surface area contributed by atoms with Crippen molar-refractivity contribution in [1.29, 1.82) is 0 Å². The lowest BCUT2D eigenvalue weighted by Crippen LogP contribution is -2.48. The van der Waals surface area contributed by atoms with Crippen molar-refractivity contribution in [3.63, 3.8) is 0 Å². The summed E-state index contributed by atoms with van der Waals surface area (Å²) in [6.07, 6.45) is 9.33. The summed E-state index contributed by atoms with van der Waals surface area (Å²) >= 11 is 0. The van der Waals surface area contributed by atoms with Crippen molar-refractivity contribution in [3.8, 4) is 5.75 Å². The van der Waals surface area contributed by atoms with Gasteiger partial charge in [0, 0.05) is 38.1 Å². The summed E-state index contributed by atoms with van der Waals surface area (Å²) in [7, 11) is 0. The quantitative estimate of drug-likeness (QED) is 0.558. The molecule has 1 heterocycles. The van der Waals surface area contributed by atoms with E-state index < -0.39 is 0 Å². The molecule has 2 N–H and O–H groups in total. The first kappa shape index (κ1) is 24.1. The number of carbonyl (C=O) groups excluding carboxylic acids is 1. The standard InChI is InChI=1S/C26H43N3O2/c1-4-6-7-21-8-11-23(12-9-21)26(30)28-24-13-10-22(19-25(24)31-5-2)18-20(3)29-16-14-27-15-17-29/h10,13,19-21,23,27H,4-9,11-12,14-18H2,1-3H3,(H,28,30). The number of ether oxygens (including phenoxy) is 1. The van der Waals surface area contributed by atoms with E-state index in [0.29, 0.717) is 12.6 Å². The summed E-state index contributed by atoms with van der Waals surface area (Å²) in [6, 6.07) is 6.81. The minimum atomic E-state index is 0.139. The molecule has 174 valence electrons. The Kier molecular flexibility index (Phi) is 9.66. The summed E-state index contributed by atoms with van der Waals surface area (Å²) in [5.41, 5.74) is 2.09. The topological polar surface area (TPSA) is 53.6 Å². The largest absolute Gasteiger partial charge is 0.492 e. The van der Waals surface area contributed by atoms with Crippen molar-refractivity contribution < 1.29 is 9.53 Å². The number of anilines is 1. The van der Waals surface area contributed by atoms with Gasteiger partial charge in [-0.1, -0.05) is 32.3 Å². The third-order valence-electron chi connectivity index (χ3n) is 7.09. The zero-order chi connectivity index (χ0) is 22.1. The van der Waals surface area contributed by atoms with Gasteiger partial charge in [0.05, 0.1) is 12.3 Å². The molecule has 5 heteroatoms. The summed E-state index contributed by atoms with van der Waals surface area (Å²) < 4.78 is 5.92. The number of amides is 1. The number of piperazine rings is 1. The van der Waals surface area contributed by atoms with Crippen LogP contribution < -0.4 is 15.4 Å². The highest BCUT2D eigenvalue weighted by atomic mass is 16.5. The maximum absolute atomic E-state index is 12.9. The number of benzene rings is 1. The maximum atomic E-state index is 12.9. The van der Waals surface area contributed by atoms with Crippen molar-refractivity contribution in [3.05, 3.63) is 23.8 Å². The van der Waals surface area contributed by atoms with Gasteiger partial charge in [0.15, 0.2) is 0 Å². The fourth-order valence-electron chi connectivity index (χ4n) is 5.11. The third-order valence-corrected chi connectivity index (χ3v) is 7.09. The predicted molar refractivity (Wildman–Crippen MR) is 129 cm³/mol. The van der Waals surface area contributed by atoms with Crippen LogP contribution in [0.25, 0.3) is 0 Å². The lowest BCUT2D eigenvalue weighted by Gasteiger charge is -2.33. The van der Waals surface area contributed by atoms with Crippen LogP contribution >= 0.6 is 0 Å². The number of unbranched alkanes of at least 4 members (excludes halogenated alkanes) is 1. The molecule has 1 unspecified atom stereocenters. The summed E-state index contributed by atoms with van der Waals surface area (Å²) in [6.45, 7) is 11.5. The highest BCUT2D eigenvalue weighted by Gasteiger charge is 2.26. The highest BCUT2D eigenvalue weighted by Crippen LogP contribution is 2.34. The van der Waals surface area contributed by atoms with E-state index in [9.17, 15) is 4.79 Å². The van der Waals surface area contributed by atoms with Crippen LogP contribution in [-0.4, -0.2) is 49.6 Å². The molecule has 0 aromatic heterocycles. The third kappa shape index (κ3) is 7.21. The van der Waals surface area contributed by atoms with Gasteiger partial charge >= 0.3 is 0 Å². The Hall–Kier alpha value is -1.59. The summed E-state index contributed by atoms with van der Waals surface area (Å²) in [5, 5.41) is 6.61. The van der Waals surface area contributed by atoms with Gasteiger partial charge in [0.2, 0.25) is 5.91 Å². The molecule has 31 heavy (non-hydrogen) atoms. The van der Waals surface area contributed by atoms with E-state index in [4.69, 9.17) is 4.74 Å². The van der Waals surface area contributed by atoms with E-state index in [1.54, 1.807) is 0 Å². The van der Waals surface area contributed by atoms with E-state index in [1.165, 1.54) is 37.7 Å². The van der Waals surface area contributed by atoms with E-state index in [0.717, 1.165) is 62.8 Å². The van der Waals surface area contributed by atoms with Crippen LogP contribution in [0.2, 0.25) is 0 Å². The molecule has 3 rings (SSSR count). The number of hydrogen-bond donors (Lipinski definition) is 2. The second-order valence-corrected chi connectivity index (χ2v) is 9.45. The highest BCUT2D eigenvalue weighted by molar-refractivity contribution is 5.94. The Morgan fingerprint density at radius 2 is 1.94 bits per heavy atom. The molecular weight excluding hydrogens is 386 g/mol. The normalized spacial score (nSPS) is 23.3. The molecule has 1 amide bonds. The van der Waals surface area contributed by atoms with E-state index >= 15 is 0 Å². The Balaban J connectivity index is 1.57. The number of rotatable bonds is 10. The first-order valence-corrected chi connectivity index (χ1v) is 12.6. The first-order valence-electron chi connectivity index (χ1n) is 12.6. The molecule has 1 atom stereocenters. The van der Waals surface area contributed by atoms with Gasteiger partial charge in [-0.15, -0.1) is 0 Å². The second kappa shape index (κ2) is 12.4. The van der Waals surface area contributed by atoms with Crippen LogP contribution in [0.4, 0.5) is 5.69 Å². The summed E-state index contributed by atoms with van der Waals surface area (Å²) in [5.74, 6) is 1.93. The zero-order valence-corrected chi connectivity index (χ0v) is 19.9. The van der Waals surface area contributed by atoms with Crippen molar-refractivity contribution in [2.24, 2.45) is 11.8 Å². The molecule has 0 bridgehead atoms. The van der Waals surface area contributed by atoms with Gasteiger partial charge in [-0.05, 0) is 69.6 Å². The fraction of sp³-hybridized carbons (Fsp3) is 0.731. The smallest absolute Gasteiger partial charge is 0.227 e. The monoisotopic (exact) mass is 429 g/mol. The van der Waals surface area contributed by atoms with Gasteiger partial charge < -0.3 is 15.4 Å². The molecular formula is C26H43N3O2. The molecule has 1 aromatic rings.